The molecule has 1 aliphatic carbocycles. The summed E-state index contributed by atoms with van der Waals surface area (Å²) in [7, 11) is 5.44. The molecule has 0 bridgehead atoms. The molecule has 0 aromatic heterocycles. The van der Waals surface area contributed by atoms with E-state index < -0.39 is 6.04 Å². The molecule has 5 atom stereocenters. The molecule has 1 saturated carbocycles. The minimum absolute atomic E-state index is 0.00719. The number of nitrogens with zero attached hydrogens (tertiary/aromatic N) is 1. The van der Waals surface area contributed by atoms with Crippen molar-refractivity contribution in [3.8, 4) is 0 Å². The lowest BCUT2D eigenvalue weighted by molar-refractivity contribution is -0.131. The Balaban J connectivity index is 2.56. The molecule has 4 unspecified atom stereocenters. The summed E-state index contributed by atoms with van der Waals surface area (Å²) in [5, 5.41) is 9.25. The summed E-state index contributed by atoms with van der Waals surface area (Å²) in [6.07, 6.45) is 3.36. The highest BCUT2D eigenvalue weighted by molar-refractivity contribution is 7.85. The van der Waals surface area contributed by atoms with E-state index in [4.69, 9.17) is 5.73 Å². The molecular formula is C17H35N5O2S2. The summed E-state index contributed by atoms with van der Waals surface area (Å²) < 4.78 is 0. The number of rotatable bonds is 8. The minimum atomic E-state index is -0.492. The van der Waals surface area contributed by atoms with Crippen molar-refractivity contribution in [3.63, 3.8) is 0 Å². The van der Waals surface area contributed by atoms with Crippen molar-refractivity contribution >= 4 is 37.1 Å². The Bertz CT molecular complexity index is 453. The number of likely N-dealkylation sites (N-methyl/N-ethyl adjacent to an activating group) is 2. The number of nitrogens with one attached hydrogen (secondary N) is 3. The SMILES string of the molecule is CNCCNC(=O)[C@H](CC(=O)NC1CCC(S)C(S)CC(N)C1)N(C)C. The first-order valence-corrected chi connectivity index (χ1v) is 10.3. The number of carbonyl (C=O) groups excluding carboxylic acids is 2. The first-order valence-electron chi connectivity index (χ1n) is 9.24. The van der Waals surface area contributed by atoms with Crippen LogP contribution >= 0.6 is 25.3 Å². The quantitative estimate of drug-likeness (QED) is 0.244. The standard InChI is InChI=1S/C17H35N5O2S2/c1-19-6-7-20-17(24)13(22(2)3)10-16(23)21-12-4-5-14(25)15(26)9-11(18)8-12/h11-15,19,25-26H,4-10,18H2,1-3H3,(H,20,24)(H,21,23)/t11?,12?,13-,14?,15?/m0/s1. The highest BCUT2D eigenvalue weighted by Gasteiger charge is 2.28. The normalized spacial score (nSPS) is 28.1. The summed E-state index contributed by atoms with van der Waals surface area (Å²) in [5.74, 6) is -0.258. The average Bonchev–Trinajstić information content (AvgIpc) is 2.55. The Morgan fingerprint density at radius 3 is 2.46 bits per heavy atom. The van der Waals surface area contributed by atoms with E-state index in [9.17, 15) is 9.59 Å². The van der Waals surface area contributed by atoms with E-state index in [1.54, 1.807) is 19.0 Å². The van der Waals surface area contributed by atoms with Crippen LogP contribution in [0.4, 0.5) is 0 Å². The van der Waals surface area contributed by atoms with E-state index in [0.717, 1.165) is 25.7 Å². The number of hydrogen-bond donors (Lipinski definition) is 6. The van der Waals surface area contributed by atoms with E-state index in [1.165, 1.54) is 0 Å². The molecule has 5 N–H and O–H groups in total. The minimum Gasteiger partial charge on any atom is -0.353 e. The fourth-order valence-electron chi connectivity index (χ4n) is 3.14. The summed E-state index contributed by atoms with van der Waals surface area (Å²) >= 11 is 9.14. The van der Waals surface area contributed by atoms with Gasteiger partial charge in [0.1, 0.15) is 0 Å². The van der Waals surface area contributed by atoms with E-state index >= 15 is 0 Å². The molecule has 0 aromatic carbocycles. The maximum atomic E-state index is 12.5. The van der Waals surface area contributed by atoms with Gasteiger partial charge in [-0.1, -0.05) is 0 Å². The molecule has 1 aliphatic rings. The average molecular weight is 406 g/mol. The highest BCUT2D eigenvalue weighted by atomic mass is 32.1. The lowest BCUT2D eigenvalue weighted by Crippen LogP contribution is -2.49. The molecule has 152 valence electrons. The molecule has 0 spiro atoms. The van der Waals surface area contributed by atoms with Gasteiger partial charge in [0.05, 0.1) is 12.5 Å². The molecule has 0 aromatic rings. The molecule has 1 rings (SSSR count). The highest BCUT2D eigenvalue weighted by Crippen LogP contribution is 2.25. The molecular weight excluding hydrogens is 370 g/mol. The van der Waals surface area contributed by atoms with Gasteiger partial charge in [-0.15, -0.1) is 0 Å². The maximum Gasteiger partial charge on any atom is 0.237 e. The van der Waals surface area contributed by atoms with Crippen LogP contribution in [-0.4, -0.2) is 79.6 Å². The van der Waals surface area contributed by atoms with Gasteiger partial charge in [-0.25, -0.2) is 0 Å². The molecule has 0 heterocycles. The number of thiol groups is 2. The summed E-state index contributed by atoms with van der Waals surface area (Å²) in [4.78, 5) is 26.6. The van der Waals surface area contributed by atoms with E-state index in [2.05, 4.69) is 41.2 Å². The van der Waals surface area contributed by atoms with Crippen LogP contribution in [0.15, 0.2) is 0 Å². The lowest BCUT2D eigenvalue weighted by Gasteiger charge is -2.31. The summed E-state index contributed by atoms with van der Waals surface area (Å²) in [5.41, 5.74) is 6.18. The first-order chi connectivity index (χ1) is 12.2. The molecule has 0 saturated heterocycles. The molecule has 2 amide bonds. The molecule has 0 aliphatic heterocycles. The van der Waals surface area contributed by atoms with Crippen molar-refractivity contribution in [2.75, 3.05) is 34.2 Å². The van der Waals surface area contributed by atoms with Crippen LogP contribution in [0.1, 0.15) is 32.1 Å². The monoisotopic (exact) mass is 405 g/mol. The van der Waals surface area contributed by atoms with E-state index in [1.807, 2.05) is 7.05 Å². The molecule has 7 nitrogen and oxygen atoms in total. The van der Waals surface area contributed by atoms with Gasteiger partial charge in [0.2, 0.25) is 11.8 Å². The topological polar surface area (TPSA) is 99.5 Å². The number of nitrogens with two attached hydrogens (primary N) is 1. The van der Waals surface area contributed by atoms with Crippen LogP contribution in [0, 0.1) is 0 Å². The van der Waals surface area contributed by atoms with Crippen molar-refractivity contribution in [1.29, 1.82) is 0 Å². The smallest absolute Gasteiger partial charge is 0.237 e. The maximum absolute atomic E-state index is 12.5. The molecule has 9 heteroatoms. The predicted octanol–water partition coefficient (Wildman–Crippen LogP) is -0.375. The van der Waals surface area contributed by atoms with E-state index in [-0.39, 0.29) is 40.8 Å². The Kier molecular flexibility index (Phi) is 10.9. The van der Waals surface area contributed by atoms with Crippen molar-refractivity contribution in [3.05, 3.63) is 0 Å². The molecule has 1 fully saturated rings. The van der Waals surface area contributed by atoms with Crippen LogP contribution in [0.2, 0.25) is 0 Å². The second kappa shape index (κ2) is 12.1. The third kappa shape index (κ3) is 8.47. The number of hydrogen-bond acceptors (Lipinski definition) is 7. The van der Waals surface area contributed by atoms with Crippen LogP contribution in [-0.2, 0) is 9.59 Å². The van der Waals surface area contributed by atoms with Gasteiger partial charge in [0.15, 0.2) is 0 Å². The molecule has 0 radical (unpaired) electrons. The van der Waals surface area contributed by atoms with Crippen molar-refractivity contribution in [2.45, 2.75) is 60.7 Å². The third-order valence-corrected chi connectivity index (χ3v) is 6.15. The largest absolute Gasteiger partial charge is 0.353 e. The van der Waals surface area contributed by atoms with Crippen molar-refractivity contribution in [1.82, 2.24) is 20.9 Å². The summed E-state index contributed by atoms with van der Waals surface area (Å²) in [6.45, 7) is 1.22. The van der Waals surface area contributed by atoms with Gasteiger partial charge in [0.25, 0.3) is 0 Å². The van der Waals surface area contributed by atoms with Gasteiger partial charge in [0, 0.05) is 35.7 Å². The van der Waals surface area contributed by atoms with Crippen LogP contribution < -0.4 is 21.7 Å². The second-order valence-electron chi connectivity index (χ2n) is 7.29. The second-order valence-corrected chi connectivity index (χ2v) is 8.61. The van der Waals surface area contributed by atoms with Crippen LogP contribution in [0.25, 0.3) is 0 Å². The van der Waals surface area contributed by atoms with E-state index in [0.29, 0.717) is 13.1 Å². The Morgan fingerprint density at radius 2 is 1.85 bits per heavy atom. The number of amides is 2. The van der Waals surface area contributed by atoms with Gasteiger partial charge in [-0.3, -0.25) is 14.5 Å². The Hall–Kier alpha value is -0.480. The summed E-state index contributed by atoms with van der Waals surface area (Å²) in [6, 6.07) is -0.482. The third-order valence-electron chi connectivity index (χ3n) is 4.73. The number of carbonyl (C=O) groups is 2. The van der Waals surface area contributed by atoms with Crippen LogP contribution in [0.5, 0.6) is 0 Å². The van der Waals surface area contributed by atoms with Gasteiger partial charge in [-0.05, 0) is 46.8 Å². The van der Waals surface area contributed by atoms with Gasteiger partial charge >= 0.3 is 0 Å². The van der Waals surface area contributed by atoms with Gasteiger partial charge in [-0.2, -0.15) is 25.3 Å². The zero-order chi connectivity index (χ0) is 19.7. The van der Waals surface area contributed by atoms with Crippen molar-refractivity contribution in [2.24, 2.45) is 5.73 Å². The Labute approximate surface area is 168 Å². The Morgan fingerprint density at radius 1 is 1.15 bits per heavy atom. The first kappa shape index (κ1) is 23.6. The van der Waals surface area contributed by atoms with Gasteiger partial charge < -0.3 is 21.7 Å². The zero-order valence-corrected chi connectivity index (χ0v) is 17.9. The predicted molar refractivity (Wildman–Crippen MR) is 113 cm³/mol. The molecule has 26 heavy (non-hydrogen) atoms. The van der Waals surface area contributed by atoms with Crippen LogP contribution in [0.3, 0.4) is 0 Å². The fraction of sp³-hybridized carbons (Fsp3) is 0.882. The lowest BCUT2D eigenvalue weighted by atomic mass is 9.92. The zero-order valence-electron chi connectivity index (χ0n) is 16.1. The fourth-order valence-corrected chi connectivity index (χ4v) is 3.83. The van der Waals surface area contributed by atoms with Crippen molar-refractivity contribution < 1.29 is 9.59 Å².